The van der Waals surface area contributed by atoms with Gasteiger partial charge in [-0.2, -0.15) is 0 Å². The smallest absolute Gasteiger partial charge is 0.303 e. The largest absolute Gasteiger partial charge is 0.481 e. The summed E-state index contributed by atoms with van der Waals surface area (Å²) in [5.74, 6) is 1.31. The number of piperidine rings is 1. The van der Waals surface area contributed by atoms with E-state index in [2.05, 4.69) is 5.32 Å². The Kier molecular flexibility index (Phi) is 6.28. The summed E-state index contributed by atoms with van der Waals surface area (Å²) in [5, 5.41) is 12.3. The molecule has 0 aromatic heterocycles. The van der Waals surface area contributed by atoms with Gasteiger partial charge in [-0.15, -0.1) is 12.4 Å². The molecule has 0 unspecified atom stereocenters. The maximum atomic E-state index is 10.7. The molecule has 4 heteroatoms. The Bertz CT molecular complexity index is 242. The molecule has 3 nitrogen and oxygen atoms in total. The van der Waals surface area contributed by atoms with Crippen molar-refractivity contribution in [3.8, 4) is 0 Å². The molecule has 0 spiro atoms. The predicted molar refractivity (Wildman–Crippen MR) is 70.5 cm³/mol. The predicted octanol–water partition coefficient (Wildman–Crippen LogP) is 2.69. The van der Waals surface area contributed by atoms with Gasteiger partial charge in [-0.1, -0.05) is 32.1 Å². The number of carboxylic acids is 1. The zero-order valence-corrected chi connectivity index (χ0v) is 11.2. The van der Waals surface area contributed by atoms with Crippen LogP contribution in [0.25, 0.3) is 0 Å². The monoisotopic (exact) mass is 261 g/mol. The normalized spacial score (nSPS) is 30.6. The highest BCUT2D eigenvalue weighted by Gasteiger charge is 2.29. The highest BCUT2D eigenvalue weighted by atomic mass is 35.5. The van der Waals surface area contributed by atoms with Crippen LogP contribution in [0.5, 0.6) is 0 Å². The van der Waals surface area contributed by atoms with Gasteiger partial charge in [0.1, 0.15) is 0 Å². The number of aliphatic carboxylic acids is 1. The molecule has 0 radical (unpaired) electrons. The molecule has 2 N–H and O–H groups in total. The summed E-state index contributed by atoms with van der Waals surface area (Å²) in [7, 11) is 0. The Labute approximate surface area is 110 Å². The number of halogens is 1. The highest BCUT2D eigenvalue weighted by Crippen LogP contribution is 2.35. The zero-order valence-electron chi connectivity index (χ0n) is 10.4. The quantitative estimate of drug-likeness (QED) is 0.821. The minimum absolute atomic E-state index is 0. The van der Waals surface area contributed by atoms with Crippen LogP contribution in [-0.4, -0.2) is 24.2 Å². The molecule has 1 saturated carbocycles. The van der Waals surface area contributed by atoms with Crippen LogP contribution in [0.1, 0.15) is 44.9 Å². The minimum atomic E-state index is -0.643. The summed E-state index contributed by atoms with van der Waals surface area (Å²) in [6, 6.07) is 0. The molecule has 17 heavy (non-hydrogen) atoms. The molecule has 1 heterocycles. The molecule has 2 atom stereocenters. The van der Waals surface area contributed by atoms with Gasteiger partial charge in [0.2, 0.25) is 0 Å². The van der Waals surface area contributed by atoms with E-state index in [0.29, 0.717) is 12.3 Å². The van der Waals surface area contributed by atoms with Gasteiger partial charge in [0.15, 0.2) is 0 Å². The zero-order chi connectivity index (χ0) is 11.4. The van der Waals surface area contributed by atoms with Crippen molar-refractivity contribution in [3.05, 3.63) is 0 Å². The van der Waals surface area contributed by atoms with E-state index >= 15 is 0 Å². The van der Waals surface area contributed by atoms with E-state index < -0.39 is 5.97 Å². The fourth-order valence-electron chi connectivity index (χ4n) is 3.43. The third-order valence-electron chi connectivity index (χ3n) is 4.26. The molecule has 2 rings (SSSR count). The van der Waals surface area contributed by atoms with Crippen LogP contribution in [0, 0.1) is 17.8 Å². The molecular weight excluding hydrogens is 238 g/mol. The van der Waals surface area contributed by atoms with Gasteiger partial charge in [-0.3, -0.25) is 4.79 Å². The first-order valence-electron chi connectivity index (χ1n) is 6.68. The summed E-state index contributed by atoms with van der Waals surface area (Å²) in [6.45, 7) is 2.01. The van der Waals surface area contributed by atoms with E-state index in [9.17, 15) is 4.79 Å². The Hall–Kier alpha value is -0.280. The maximum absolute atomic E-state index is 10.7. The second-order valence-electron chi connectivity index (χ2n) is 5.52. The first-order chi connectivity index (χ1) is 7.75. The molecule has 1 aliphatic heterocycles. The number of nitrogens with one attached hydrogen (secondary N) is 1. The number of hydrogen-bond acceptors (Lipinski definition) is 2. The minimum Gasteiger partial charge on any atom is -0.481 e. The fraction of sp³-hybridized carbons (Fsp3) is 0.923. The Morgan fingerprint density at radius 2 is 1.82 bits per heavy atom. The van der Waals surface area contributed by atoms with Gasteiger partial charge < -0.3 is 10.4 Å². The van der Waals surface area contributed by atoms with E-state index in [1.807, 2.05) is 0 Å². The lowest BCUT2D eigenvalue weighted by atomic mass is 9.74. The average molecular weight is 262 g/mol. The van der Waals surface area contributed by atoms with Gasteiger partial charge in [-0.25, -0.2) is 0 Å². The molecule has 2 aliphatic rings. The molecule has 0 bridgehead atoms. The van der Waals surface area contributed by atoms with Gasteiger partial charge >= 0.3 is 5.97 Å². The second kappa shape index (κ2) is 7.22. The number of rotatable bonds is 3. The highest BCUT2D eigenvalue weighted by molar-refractivity contribution is 5.85. The van der Waals surface area contributed by atoms with E-state index in [4.69, 9.17) is 5.11 Å². The van der Waals surface area contributed by atoms with Crippen LogP contribution in [0.2, 0.25) is 0 Å². The fourth-order valence-corrected chi connectivity index (χ4v) is 3.43. The SMILES string of the molecule is Cl.O=C(O)C[C@H]1CNC[C@@H](C2CCCCC2)C1. The lowest BCUT2D eigenvalue weighted by Crippen LogP contribution is -2.40. The molecule has 0 amide bonds. The van der Waals surface area contributed by atoms with Crippen LogP contribution < -0.4 is 5.32 Å². The van der Waals surface area contributed by atoms with Crippen molar-refractivity contribution in [1.29, 1.82) is 0 Å². The summed E-state index contributed by atoms with van der Waals surface area (Å²) in [6.07, 6.45) is 8.36. The third-order valence-corrected chi connectivity index (χ3v) is 4.26. The lowest BCUT2D eigenvalue weighted by Gasteiger charge is -2.36. The van der Waals surface area contributed by atoms with Gasteiger partial charge in [0, 0.05) is 6.42 Å². The van der Waals surface area contributed by atoms with Crippen molar-refractivity contribution in [2.45, 2.75) is 44.9 Å². The summed E-state index contributed by atoms with van der Waals surface area (Å²) >= 11 is 0. The van der Waals surface area contributed by atoms with Gasteiger partial charge in [0.25, 0.3) is 0 Å². The van der Waals surface area contributed by atoms with E-state index in [1.54, 1.807) is 0 Å². The number of carboxylic acid groups (broad SMARTS) is 1. The first-order valence-corrected chi connectivity index (χ1v) is 6.68. The third kappa shape index (κ3) is 4.47. The molecule has 100 valence electrons. The second-order valence-corrected chi connectivity index (χ2v) is 5.52. The molecular formula is C13H24ClNO2. The van der Waals surface area contributed by atoms with Crippen molar-refractivity contribution in [2.75, 3.05) is 13.1 Å². The summed E-state index contributed by atoms with van der Waals surface area (Å²) in [4.78, 5) is 10.7. The van der Waals surface area contributed by atoms with Crippen molar-refractivity contribution in [1.82, 2.24) is 5.32 Å². The summed E-state index contributed by atoms with van der Waals surface area (Å²) in [5.41, 5.74) is 0. The van der Waals surface area contributed by atoms with Crippen LogP contribution in [-0.2, 0) is 4.79 Å². The number of hydrogen-bond donors (Lipinski definition) is 2. The Balaban J connectivity index is 0.00000144. The van der Waals surface area contributed by atoms with Crippen LogP contribution >= 0.6 is 12.4 Å². The Morgan fingerprint density at radius 1 is 1.12 bits per heavy atom. The lowest BCUT2D eigenvalue weighted by molar-refractivity contribution is -0.138. The van der Waals surface area contributed by atoms with Crippen molar-refractivity contribution in [3.63, 3.8) is 0 Å². The van der Waals surface area contributed by atoms with E-state index in [0.717, 1.165) is 31.3 Å². The first kappa shape index (κ1) is 14.8. The van der Waals surface area contributed by atoms with Crippen molar-refractivity contribution < 1.29 is 9.90 Å². The molecule has 1 aliphatic carbocycles. The van der Waals surface area contributed by atoms with E-state index in [1.165, 1.54) is 32.1 Å². The maximum Gasteiger partial charge on any atom is 0.303 e. The topological polar surface area (TPSA) is 49.3 Å². The summed E-state index contributed by atoms with van der Waals surface area (Å²) < 4.78 is 0. The van der Waals surface area contributed by atoms with Crippen molar-refractivity contribution in [2.24, 2.45) is 17.8 Å². The average Bonchev–Trinajstić information content (AvgIpc) is 2.30. The van der Waals surface area contributed by atoms with Crippen LogP contribution in [0.4, 0.5) is 0 Å². The van der Waals surface area contributed by atoms with Gasteiger partial charge in [-0.05, 0) is 37.3 Å². The van der Waals surface area contributed by atoms with Crippen LogP contribution in [0.3, 0.4) is 0 Å². The molecule has 0 aromatic rings. The molecule has 0 aromatic carbocycles. The standard InChI is InChI=1S/C13H23NO2.ClH/c15-13(16)7-10-6-12(9-14-8-10)11-4-2-1-3-5-11;/h10-12,14H,1-9H2,(H,15,16);1H/t10-,12-;/m0./s1. The number of carbonyl (C=O) groups is 1. The molecule has 1 saturated heterocycles. The molecule has 2 fully saturated rings. The van der Waals surface area contributed by atoms with E-state index in [-0.39, 0.29) is 12.4 Å². The van der Waals surface area contributed by atoms with Crippen molar-refractivity contribution >= 4 is 18.4 Å². The van der Waals surface area contributed by atoms with Gasteiger partial charge in [0.05, 0.1) is 0 Å². The van der Waals surface area contributed by atoms with Crippen LogP contribution in [0.15, 0.2) is 0 Å². The Morgan fingerprint density at radius 3 is 2.47 bits per heavy atom.